The topological polar surface area (TPSA) is 45.2 Å². The number of nitrogens with zero attached hydrogens (tertiary/aromatic N) is 2. The monoisotopic (exact) mass is 243 g/mol. The van der Waals surface area contributed by atoms with Gasteiger partial charge < -0.3 is 10.2 Å². The Labute approximate surface area is 106 Å². The van der Waals surface area contributed by atoms with Crippen LogP contribution in [0.3, 0.4) is 0 Å². The lowest BCUT2D eigenvalue weighted by atomic mass is 10.1. The largest absolute Gasteiger partial charge is 0.366 e. The zero-order valence-corrected chi connectivity index (χ0v) is 10.4. The highest BCUT2D eigenvalue weighted by Crippen LogP contribution is 2.36. The molecular formula is C14H17N3O. The van der Waals surface area contributed by atoms with Crippen LogP contribution in [0.1, 0.15) is 36.2 Å². The predicted octanol–water partition coefficient (Wildman–Crippen LogP) is 2.07. The number of carbonyl (C=O) groups is 1. The van der Waals surface area contributed by atoms with Crippen molar-refractivity contribution < 1.29 is 4.79 Å². The maximum Gasteiger partial charge on any atom is 0.181 e. The number of aromatic nitrogens is 1. The first-order chi connectivity index (χ1) is 8.79. The number of anilines is 2. The number of carbonyl (C=O) groups excluding carboxylic acids is 1. The van der Waals surface area contributed by atoms with Gasteiger partial charge in [0.2, 0.25) is 0 Å². The summed E-state index contributed by atoms with van der Waals surface area (Å²) in [5.41, 5.74) is 1.79. The Morgan fingerprint density at radius 3 is 3.11 bits per heavy atom. The van der Waals surface area contributed by atoms with Gasteiger partial charge in [-0.25, -0.2) is 4.98 Å². The highest BCUT2D eigenvalue weighted by molar-refractivity contribution is 5.95. The smallest absolute Gasteiger partial charge is 0.181 e. The Bertz CT molecular complexity index is 510. The summed E-state index contributed by atoms with van der Waals surface area (Å²) in [5, 5.41) is 3.45. The fraction of sp³-hybridized carbons (Fsp3) is 0.571. The predicted molar refractivity (Wildman–Crippen MR) is 70.1 cm³/mol. The SMILES string of the molecule is O=C(CC1CC1)c1ccc2c(n1)N[C@H]1CCN2C1. The van der Waals surface area contributed by atoms with Crippen LogP contribution < -0.4 is 10.2 Å². The second kappa shape index (κ2) is 3.70. The number of fused-ring (bicyclic) bond motifs is 4. The van der Waals surface area contributed by atoms with Crippen LogP contribution >= 0.6 is 0 Å². The van der Waals surface area contributed by atoms with Crippen LogP contribution in [0.2, 0.25) is 0 Å². The second-order valence-corrected chi connectivity index (χ2v) is 5.71. The van der Waals surface area contributed by atoms with Crippen molar-refractivity contribution in [1.29, 1.82) is 0 Å². The first-order valence-corrected chi connectivity index (χ1v) is 6.85. The summed E-state index contributed by atoms with van der Waals surface area (Å²) in [6, 6.07) is 4.46. The maximum absolute atomic E-state index is 12.1. The van der Waals surface area contributed by atoms with Gasteiger partial charge in [0.1, 0.15) is 5.69 Å². The van der Waals surface area contributed by atoms with E-state index in [1.165, 1.54) is 19.3 Å². The van der Waals surface area contributed by atoms with E-state index in [0.717, 1.165) is 24.6 Å². The maximum atomic E-state index is 12.1. The third-order valence-electron chi connectivity index (χ3n) is 4.20. The summed E-state index contributed by atoms with van der Waals surface area (Å²) in [5.74, 6) is 1.74. The summed E-state index contributed by atoms with van der Waals surface area (Å²) < 4.78 is 0. The Morgan fingerprint density at radius 1 is 1.39 bits per heavy atom. The van der Waals surface area contributed by atoms with Crippen LogP contribution in [-0.2, 0) is 0 Å². The van der Waals surface area contributed by atoms with Gasteiger partial charge in [-0.3, -0.25) is 4.79 Å². The fourth-order valence-corrected chi connectivity index (χ4v) is 2.95. The molecule has 1 saturated carbocycles. The number of ketones is 1. The summed E-state index contributed by atoms with van der Waals surface area (Å²) in [6.07, 6.45) is 4.27. The molecule has 2 fully saturated rings. The molecule has 1 saturated heterocycles. The van der Waals surface area contributed by atoms with Gasteiger partial charge in [0.05, 0.1) is 5.69 Å². The van der Waals surface area contributed by atoms with Crippen LogP contribution in [0, 0.1) is 5.92 Å². The molecular weight excluding hydrogens is 226 g/mol. The molecule has 94 valence electrons. The molecule has 4 heteroatoms. The van der Waals surface area contributed by atoms with Gasteiger partial charge in [-0.15, -0.1) is 0 Å². The molecule has 0 amide bonds. The molecule has 4 nitrogen and oxygen atoms in total. The molecule has 1 aliphatic carbocycles. The average Bonchev–Trinajstić information content (AvgIpc) is 3.11. The van der Waals surface area contributed by atoms with E-state index in [0.29, 0.717) is 24.1 Å². The zero-order valence-electron chi connectivity index (χ0n) is 10.4. The van der Waals surface area contributed by atoms with E-state index in [2.05, 4.69) is 21.3 Å². The minimum absolute atomic E-state index is 0.204. The van der Waals surface area contributed by atoms with E-state index < -0.39 is 0 Å². The van der Waals surface area contributed by atoms with Crippen molar-refractivity contribution in [2.75, 3.05) is 23.3 Å². The molecule has 0 unspecified atom stereocenters. The quantitative estimate of drug-likeness (QED) is 0.825. The Kier molecular flexibility index (Phi) is 2.13. The van der Waals surface area contributed by atoms with E-state index in [-0.39, 0.29) is 5.78 Å². The molecule has 3 heterocycles. The molecule has 3 aliphatic rings. The lowest BCUT2D eigenvalue weighted by Gasteiger charge is -2.27. The highest BCUT2D eigenvalue weighted by Gasteiger charge is 2.31. The van der Waals surface area contributed by atoms with E-state index in [1.807, 2.05) is 6.07 Å². The van der Waals surface area contributed by atoms with Gasteiger partial charge in [0.15, 0.2) is 11.6 Å². The minimum Gasteiger partial charge on any atom is -0.366 e. The van der Waals surface area contributed by atoms with Crippen molar-refractivity contribution in [1.82, 2.24) is 4.98 Å². The lowest BCUT2D eigenvalue weighted by molar-refractivity contribution is 0.0971. The summed E-state index contributed by atoms with van der Waals surface area (Å²) in [6.45, 7) is 2.17. The van der Waals surface area contributed by atoms with Crippen molar-refractivity contribution in [2.24, 2.45) is 5.92 Å². The van der Waals surface area contributed by atoms with E-state index >= 15 is 0 Å². The molecule has 1 N–H and O–H groups in total. The Balaban J connectivity index is 1.63. The molecule has 1 atom stereocenters. The number of hydrogen-bond donors (Lipinski definition) is 1. The van der Waals surface area contributed by atoms with Crippen molar-refractivity contribution in [3.63, 3.8) is 0 Å². The molecule has 1 aromatic heterocycles. The summed E-state index contributed by atoms with van der Waals surface area (Å²) >= 11 is 0. The van der Waals surface area contributed by atoms with E-state index in [4.69, 9.17) is 0 Å². The van der Waals surface area contributed by atoms with E-state index in [9.17, 15) is 4.79 Å². The van der Waals surface area contributed by atoms with Crippen molar-refractivity contribution in [3.05, 3.63) is 17.8 Å². The van der Waals surface area contributed by atoms with Crippen molar-refractivity contribution >= 4 is 17.3 Å². The average molecular weight is 243 g/mol. The van der Waals surface area contributed by atoms with Crippen LogP contribution in [0.15, 0.2) is 12.1 Å². The van der Waals surface area contributed by atoms with Gasteiger partial charge in [0, 0.05) is 25.6 Å². The molecule has 4 rings (SSSR count). The van der Waals surface area contributed by atoms with Gasteiger partial charge in [-0.05, 0) is 37.3 Å². The first kappa shape index (κ1) is 10.4. The second-order valence-electron chi connectivity index (χ2n) is 5.71. The Morgan fingerprint density at radius 2 is 2.28 bits per heavy atom. The summed E-state index contributed by atoms with van der Waals surface area (Å²) in [7, 11) is 0. The molecule has 2 aliphatic heterocycles. The number of nitrogens with one attached hydrogen (secondary N) is 1. The number of hydrogen-bond acceptors (Lipinski definition) is 4. The van der Waals surface area contributed by atoms with E-state index in [1.54, 1.807) is 0 Å². The fourth-order valence-electron chi connectivity index (χ4n) is 2.95. The number of rotatable bonds is 3. The van der Waals surface area contributed by atoms with Crippen LogP contribution in [0.25, 0.3) is 0 Å². The van der Waals surface area contributed by atoms with Crippen LogP contribution in [0.5, 0.6) is 0 Å². The molecule has 18 heavy (non-hydrogen) atoms. The number of pyridine rings is 1. The molecule has 1 aromatic rings. The van der Waals surface area contributed by atoms with Crippen molar-refractivity contribution in [2.45, 2.75) is 31.7 Å². The first-order valence-electron chi connectivity index (χ1n) is 6.85. The van der Waals surface area contributed by atoms with Gasteiger partial charge in [-0.1, -0.05) is 0 Å². The zero-order chi connectivity index (χ0) is 12.1. The minimum atomic E-state index is 0.204. The van der Waals surface area contributed by atoms with Crippen LogP contribution in [0.4, 0.5) is 11.5 Å². The third-order valence-corrected chi connectivity index (χ3v) is 4.20. The lowest BCUT2D eigenvalue weighted by Crippen LogP contribution is -2.32. The third kappa shape index (κ3) is 1.67. The van der Waals surface area contributed by atoms with Crippen molar-refractivity contribution in [3.8, 4) is 0 Å². The van der Waals surface area contributed by atoms with Gasteiger partial charge in [0.25, 0.3) is 0 Å². The molecule has 0 spiro atoms. The van der Waals surface area contributed by atoms with Gasteiger partial charge in [-0.2, -0.15) is 0 Å². The molecule has 0 aromatic carbocycles. The summed E-state index contributed by atoms with van der Waals surface area (Å²) in [4.78, 5) is 18.9. The molecule has 0 radical (unpaired) electrons. The highest BCUT2D eigenvalue weighted by atomic mass is 16.1. The normalized spacial score (nSPS) is 24.7. The molecule has 2 bridgehead atoms. The van der Waals surface area contributed by atoms with Crippen LogP contribution in [-0.4, -0.2) is 29.9 Å². The van der Waals surface area contributed by atoms with Gasteiger partial charge >= 0.3 is 0 Å². The standard InChI is InChI=1S/C14H17N3O/c18-13(7-9-1-2-9)11-3-4-12-14(16-11)15-10-5-6-17(12)8-10/h3-4,9-10H,1-2,5-8H2,(H,15,16)/t10-/m0/s1. The Hall–Kier alpha value is -1.58. The number of Topliss-reactive ketones (excluding diaryl/α,β-unsaturated/α-hetero) is 1.